The number of nitriles is 1. The Morgan fingerprint density at radius 2 is 1.68 bits per heavy atom. The average molecular weight is 449 g/mol. The van der Waals surface area contributed by atoms with Gasteiger partial charge in [0, 0.05) is 17.4 Å². The second-order valence-corrected chi connectivity index (χ2v) is 8.27. The smallest absolute Gasteiger partial charge is 0.226 e. The fraction of sp³-hybridized carbons (Fsp3) is 0.172. The second kappa shape index (κ2) is 9.78. The van der Waals surface area contributed by atoms with Gasteiger partial charge in [-0.3, -0.25) is 0 Å². The van der Waals surface area contributed by atoms with E-state index in [1.807, 2.05) is 85.8 Å². The van der Waals surface area contributed by atoms with Crippen LogP contribution in [-0.4, -0.2) is 11.1 Å². The molecule has 34 heavy (non-hydrogen) atoms. The molecule has 2 aromatic heterocycles. The second-order valence-electron chi connectivity index (χ2n) is 8.27. The van der Waals surface area contributed by atoms with Crippen LogP contribution >= 0.6 is 0 Å². The molecule has 1 atom stereocenters. The van der Waals surface area contributed by atoms with Crippen molar-refractivity contribution in [2.24, 2.45) is 0 Å². The number of furan rings is 1. The maximum absolute atomic E-state index is 9.55. The summed E-state index contributed by atoms with van der Waals surface area (Å²) >= 11 is 0. The van der Waals surface area contributed by atoms with Crippen LogP contribution < -0.4 is 0 Å². The lowest BCUT2D eigenvalue weighted by Crippen LogP contribution is -2.13. The zero-order valence-electron chi connectivity index (χ0n) is 18.9. The van der Waals surface area contributed by atoms with Crippen molar-refractivity contribution < 1.29 is 13.6 Å². The van der Waals surface area contributed by atoms with Crippen molar-refractivity contribution in [1.82, 2.24) is 4.98 Å². The molecule has 0 spiro atoms. The Kier molecular flexibility index (Phi) is 6.24. The number of fused-ring (bicyclic) bond motifs is 1. The van der Waals surface area contributed by atoms with Gasteiger partial charge in [0.15, 0.2) is 0 Å². The molecule has 0 amide bonds. The summed E-state index contributed by atoms with van der Waals surface area (Å²) in [5, 5.41) is 10.5. The van der Waals surface area contributed by atoms with Crippen molar-refractivity contribution in [3.05, 3.63) is 113 Å². The number of oxazole rings is 1. The number of benzene rings is 3. The number of ether oxygens (including phenoxy) is 1. The summed E-state index contributed by atoms with van der Waals surface area (Å²) in [6.45, 7) is 2.34. The molecule has 0 radical (unpaired) electrons. The van der Waals surface area contributed by atoms with E-state index in [0.29, 0.717) is 25.3 Å². The van der Waals surface area contributed by atoms with Gasteiger partial charge >= 0.3 is 0 Å². The van der Waals surface area contributed by atoms with Gasteiger partial charge in [-0.2, -0.15) is 5.26 Å². The van der Waals surface area contributed by atoms with E-state index >= 15 is 0 Å². The Balaban J connectivity index is 1.28. The van der Waals surface area contributed by atoms with Crippen molar-refractivity contribution >= 4 is 11.0 Å². The number of hydrogen-bond acceptors (Lipinski definition) is 5. The molecule has 0 fully saturated rings. The topological polar surface area (TPSA) is 72.2 Å². The Hall–Kier alpha value is -4.14. The van der Waals surface area contributed by atoms with Crippen LogP contribution in [0.15, 0.2) is 93.8 Å². The molecule has 0 aliphatic rings. The molecule has 3 aromatic carbocycles. The summed E-state index contributed by atoms with van der Waals surface area (Å²) in [6.07, 6.45) is 0.550. The summed E-state index contributed by atoms with van der Waals surface area (Å²) in [4.78, 5) is 4.68. The minimum atomic E-state index is -0.516. The Bertz CT molecular complexity index is 1430. The highest BCUT2D eigenvalue weighted by atomic mass is 16.5. The molecule has 0 saturated heterocycles. The molecule has 5 heteroatoms. The van der Waals surface area contributed by atoms with E-state index < -0.39 is 6.10 Å². The van der Waals surface area contributed by atoms with Gasteiger partial charge in [0.05, 0.1) is 24.8 Å². The Morgan fingerprint density at radius 3 is 2.44 bits per heavy atom. The summed E-state index contributed by atoms with van der Waals surface area (Å²) < 4.78 is 17.8. The molecule has 0 saturated carbocycles. The number of hydrogen-bond donors (Lipinski definition) is 0. The van der Waals surface area contributed by atoms with Crippen molar-refractivity contribution in [3.8, 4) is 17.5 Å². The minimum Gasteiger partial charge on any atom is -0.461 e. The van der Waals surface area contributed by atoms with Gasteiger partial charge in [0.25, 0.3) is 0 Å². The van der Waals surface area contributed by atoms with Gasteiger partial charge in [0.1, 0.15) is 23.2 Å². The minimum absolute atomic E-state index is 0.416. The molecular weight excluding hydrogens is 424 g/mol. The van der Waals surface area contributed by atoms with Crippen LogP contribution in [0.4, 0.5) is 0 Å². The molecule has 0 N–H and O–H groups in total. The zero-order valence-corrected chi connectivity index (χ0v) is 18.9. The third kappa shape index (κ3) is 4.93. The van der Waals surface area contributed by atoms with Gasteiger partial charge in [-0.1, -0.05) is 54.6 Å². The monoisotopic (exact) mass is 448 g/mol. The lowest BCUT2D eigenvalue weighted by molar-refractivity contribution is 0.0771. The molecule has 168 valence electrons. The van der Waals surface area contributed by atoms with Crippen LogP contribution in [0, 0.1) is 18.3 Å². The Morgan fingerprint density at radius 1 is 0.912 bits per heavy atom. The first-order chi connectivity index (χ1) is 16.7. The van der Waals surface area contributed by atoms with Gasteiger partial charge in [-0.15, -0.1) is 0 Å². The van der Waals surface area contributed by atoms with Crippen LogP contribution in [0.1, 0.15) is 28.3 Å². The normalized spacial score (nSPS) is 12.0. The predicted octanol–water partition coefficient (Wildman–Crippen LogP) is 6.64. The molecular formula is C29H24N2O3. The largest absolute Gasteiger partial charge is 0.461 e. The third-order valence-corrected chi connectivity index (χ3v) is 5.75. The van der Waals surface area contributed by atoms with E-state index in [-0.39, 0.29) is 0 Å². The highest BCUT2D eigenvalue weighted by Gasteiger charge is 2.15. The van der Waals surface area contributed by atoms with Crippen LogP contribution in [0.25, 0.3) is 22.4 Å². The summed E-state index contributed by atoms with van der Waals surface area (Å²) in [5.74, 6) is 2.22. The Labute approximate surface area is 198 Å². The van der Waals surface area contributed by atoms with E-state index in [1.54, 1.807) is 0 Å². The SMILES string of the molecule is Cc1oc(-c2ccccc2)nc1Cc1cc2cc(CC(C#N)OCc3ccccc3)ccc2o1. The predicted molar refractivity (Wildman–Crippen MR) is 130 cm³/mol. The maximum Gasteiger partial charge on any atom is 0.226 e. The summed E-state index contributed by atoms with van der Waals surface area (Å²) in [6, 6.07) is 30.0. The number of aromatic nitrogens is 1. The molecule has 5 aromatic rings. The molecule has 5 rings (SSSR count). The lowest BCUT2D eigenvalue weighted by atomic mass is 10.1. The van der Waals surface area contributed by atoms with Crippen LogP contribution in [0.3, 0.4) is 0 Å². The van der Waals surface area contributed by atoms with Crippen molar-refractivity contribution in [2.75, 3.05) is 0 Å². The summed E-state index contributed by atoms with van der Waals surface area (Å²) in [7, 11) is 0. The fourth-order valence-electron chi connectivity index (χ4n) is 3.95. The third-order valence-electron chi connectivity index (χ3n) is 5.75. The standard InChI is InChI=1S/C29H24N2O3/c1-20-27(31-29(33-20)23-10-6-3-7-11-23)17-25-16-24-14-22(12-13-28(24)34-25)15-26(18-30)32-19-21-8-4-2-5-9-21/h2-14,16,26H,15,17,19H2,1H3. The molecule has 5 nitrogen and oxygen atoms in total. The average Bonchev–Trinajstić information content (AvgIpc) is 3.45. The van der Waals surface area contributed by atoms with Crippen LogP contribution in [0.2, 0.25) is 0 Å². The first-order valence-corrected chi connectivity index (χ1v) is 11.3. The number of nitrogens with zero attached hydrogens (tertiary/aromatic N) is 2. The highest BCUT2D eigenvalue weighted by molar-refractivity contribution is 5.78. The summed E-state index contributed by atoms with van der Waals surface area (Å²) in [5.41, 5.74) is 4.70. The van der Waals surface area contributed by atoms with E-state index in [1.165, 1.54) is 0 Å². The number of aryl methyl sites for hydroxylation is 1. The van der Waals surface area contributed by atoms with Gasteiger partial charge in [-0.25, -0.2) is 4.98 Å². The van der Waals surface area contributed by atoms with Crippen molar-refractivity contribution in [3.63, 3.8) is 0 Å². The van der Waals surface area contributed by atoms with Gasteiger partial charge in [0.2, 0.25) is 5.89 Å². The maximum atomic E-state index is 9.55. The first kappa shape index (κ1) is 21.7. The van der Waals surface area contributed by atoms with Crippen molar-refractivity contribution in [1.29, 1.82) is 5.26 Å². The molecule has 0 aliphatic heterocycles. The highest BCUT2D eigenvalue weighted by Crippen LogP contribution is 2.27. The quantitative estimate of drug-likeness (QED) is 0.266. The van der Waals surface area contributed by atoms with E-state index in [0.717, 1.165) is 44.9 Å². The molecule has 0 aliphatic carbocycles. The zero-order chi connectivity index (χ0) is 23.3. The fourth-order valence-corrected chi connectivity index (χ4v) is 3.95. The molecule has 0 bridgehead atoms. The van der Waals surface area contributed by atoms with Crippen LogP contribution in [-0.2, 0) is 24.2 Å². The lowest BCUT2D eigenvalue weighted by Gasteiger charge is -2.11. The van der Waals surface area contributed by atoms with Crippen LogP contribution in [0.5, 0.6) is 0 Å². The van der Waals surface area contributed by atoms with E-state index in [2.05, 4.69) is 17.1 Å². The van der Waals surface area contributed by atoms with Gasteiger partial charge < -0.3 is 13.6 Å². The van der Waals surface area contributed by atoms with E-state index in [9.17, 15) is 5.26 Å². The molecule has 1 unspecified atom stereocenters. The van der Waals surface area contributed by atoms with Crippen molar-refractivity contribution in [2.45, 2.75) is 32.5 Å². The number of rotatable bonds is 8. The van der Waals surface area contributed by atoms with E-state index in [4.69, 9.17) is 13.6 Å². The first-order valence-electron chi connectivity index (χ1n) is 11.3. The van der Waals surface area contributed by atoms with Gasteiger partial charge in [-0.05, 0) is 48.4 Å². The molecule has 2 heterocycles.